The summed E-state index contributed by atoms with van der Waals surface area (Å²) in [6.45, 7) is 6.49. The highest BCUT2D eigenvalue weighted by atomic mass is 35.5. The molecule has 4 atom stereocenters. The number of rotatable bonds is 3. The van der Waals surface area contributed by atoms with E-state index in [1.165, 1.54) is 0 Å². The molecule has 166 valence electrons. The van der Waals surface area contributed by atoms with Crippen molar-refractivity contribution in [3.05, 3.63) is 52.8 Å². The van der Waals surface area contributed by atoms with Crippen LogP contribution in [0.1, 0.15) is 44.4 Å². The van der Waals surface area contributed by atoms with Gasteiger partial charge < -0.3 is 20.1 Å². The topological polar surface area (TPSA) is 66.4 Å². The van der Waals surface area contributed by atoms with Gasteiger partial charge in [0.2, 0.25) is 11.8 Å². The fourth-order valence-electron chi connectivity index (χ4n) is 5.43. The smallest absolute Gasteiger partial charge is 0.239 e. The molecule has 1 spiro atoms. The minimum Gasteiger partial charge on any atom is -0.354 e. The van der Waals surface area contributed by atoms with Gasteiger partial charge in [-0.05, 0) is 41.7 Å². The van der Waals surface area contributed by atoms with Crippen molar-refractivity contribution < 1.29 is 9.59 Å². The van der Waals surface area contributed by atoms with Crippen molar-refractivity contribution in [1.29, 1.82) is 0 Å². The molecule has 1 aromatic heterocycles. The first-order valence-electron chi connectivity index (χ1n) is 10.7. The summed E-state index contributed by atoms with van der Waals surface area (Å²) in [6.07, 6.45) is 2.70. The van der Waals surface area contributed by atoms with Crippen molar-refractivity contribution in [3.8, 4) is 0 Å². The average molecular weight is 443 g/mol. The molecule has 2 aliphatic heterocycles. The zero-order chi connectivity index (χ0) is 22.7. The fraction of sp³-hybridized carbons (Fsp3) is 0.500. The molecule has 2 aliphatic rings. The number of fused-ring (bicyclic) bond motifs is 2. The molecule has 1 saturated heterocycles. The van der Waals surface area contributed by atoms with Crippen LogP contribution in [0, 0.1) is 5.41 Å². The number of halogens is 1. The first-order chi connectivity index (χ1) is 14.5. The molecule has 7 heteroatoms. The second-order valence-electron chi connectivity index (χ2n) is 10.2. The van der Waals surface area contributed by atoms with Gasteiger partial charge in [0.15, 0.2) is 0 Å². The number of nitrogens with zero attached hydrogens (tertiary/aromatic N) is 2. The molecule has 2 N–H and O–H groups in total. The van der Waals surface area contributed by atoms with Gasteiger partial charge in [-0.2, -0.15) is 0 Å². The molecule has 31 heavy (non-hydrogen) atoms. The van der Waals surface area contributed by atoms with Gasteiger partial charge in [0.1, 0.15) is 5.41 Å². The Bertz CT molecular complexity index is 1040. The highest BCUT2D eigenvalue weighted by Gasteiger charge is 2.66. The zero-order valence-electron chi connectivity index (χ0n) is 19.0. The third-order valence-electron chi connectivity index (χ3n) is 6.63. The Labute approximate surface area is 188 Å². The van der Waals surface area contributed by atoms with E-state index in [-0.39, 0.29) is 29.2 Å². The number of aryl methyl sites for hydroxylation is 1. The number of anilines is 1. The van der Waals surface area contributed by atoms with Gasteiger partial charge in [0.25, 0.3) is 0 Å². The van der Waals surface area contributed by atoms with Gasteiger partial charge in [-0.1, -0.05) is 38.4 Å². The average Bonchev–Trinajstić information content (AvgIpc) is 3.29. The lowest BCUT2D eigenvalue weighted by Gasteiger charge is -2.37. The Morgan fingerprint density at radius 2 is 1.97 bits per heavy atom. The van der Waals surface area contributed by atoms with Crippen LogP contribution in [0.4, 0.5) is 5.69 Å². The van der Waals surface area contributed by atoms with Gasteiger partial charge in [-0.25, -0.2) is 0 Å². The number of hydrogen-bond acceptors (Lipinski definition) is 3. The van der Waals surface area contributed by atoms with E-state index in [4.69, 9.17) is 11.6 Å². The van der Waals surface area contributed by atoms with Crippen LogP contribution in [0.25, 0.3) is 0 Å². The SMILES string of the molecule is CN(C)C(=O)C1NC(CC(C)(C)C)C2(C(=O)Nc3cc(Cl)ccc32)C1c1cccn1C. The summed E-state index contributed by atoms with van der Waals surface area (Å²) >= 11 is 6.26. The van der Waals surface area contributed by atoms with Crippen molar-refractivity contribution in [2.45, 2.75) is 50.6 Å². The van der Waals surface area contributed by atoms with E-state index >= 15 is 0 Å². The second-order valence-corrected chi connectivity index (χ2v) is 10.7. The monoisotopic (exact) mass is 442 g/mol. The van der Waals surface area contributed by atoms with Crippen molar-refractivity contribution in [3.63, 3.8) is 0 Å². The third-order valence-corrected chi connectivity index (χ3v) is 6.87. The fourth-order valence-corrected chi connectivity index (χ4v) is 5.61. The lowest BCUT2D eigenvalue weighted by molar-refractivity contribution is -0.131. The summed E-state index contributed by atoms with van der Waals surface area (Å²) in [5.41, 5.74) is 1.63. The maximum atomic E-state index is 13.9. The third kappa shape index (κ3) is 3.37. The Hall–Kier alpha value is -2.31. The maximum absolute atomic E-state index is 13.9. The molecule has 2 amide bonds. The lowest BCUT2D eigenvalue weighted by atomic mass is 9.63. The Balaban J connectivity index is 2.01. The minimum atomic E-state index is -0.921. The van der Waals surface area contributed by atoms with E-state index in [9.17, 15) is 9.59 Å². The summed E-state index contributed by atoms with van der Waals surface area (Å²) in [4.78, 5) is 28.9. The van der Waals surface area contributed by atoms with E-state index in [0.717, 1.165) is 23.4 Å². The predicted octanol–water partition coefficient (Wildman–Crippen LogP) is 3.52. The number of carbonyl (C=O) groups excluding carboxylic acids is 2. The molecule has 1 aromatic carbocycles. The first-order valence-corrected chi connectivity index (χ1v) is 11.0. The van der Waals surface area contributed by atoms with Crippen LogP contribution in [0.3, 0.4) is 0 Å². The van der Waals surface area contributed by atoms with Crippen LogP contribution in [-0.4, -0.2) is 47.5 Å². The van der Waals surface area contributed by atoms with E-state index in [1.807, 2.05) is 42.1 Å². The maximum Gasteiger partial charge on any atom is 0.239 e. The van der Waals surface area contributed by atoms with Crippen molar-refractivity contribution in [2.75, 3.05) is 19.4 Å². The molecule has 4 unspecified atom stereocenters. The van der Waals surface area contributed by atoms with Gasteiger partial charge in [-0.15, -0.1) is 0 Å². The van der Waals surface area contributed by atoms with Crippen LogP contribution < -0.4 is 10.6 Å². The van der Waals surface area contributed by atoms with Crippen LogP contribution in [-0.2, 0) is 22.1 Å². The molecule has 0 saturated carbocycles. The Kier molecular flexibility index (Phi) is 5.22. The minimum absolute atomic E-state index is 0.0304. The highest BCUT2D eigenvalue weighted by molar-refractivity contribution is 6.31. The summed E-state index contributed by atoms with van der Waals surface area (Å²) in [5, 5.41) is 7.28. The molecular weight excluding hydrogens is 412 g/mol. The van der Waals surface area contributed by atoms with Crippen LogP contribution in [0.5, 0.6) is 0 Å². The number of nitrogens with one attached hydrogen (secondary N) is 2. The largest absolute Gasteiger partial charge is 0.354 e. The lowest BCUT2D eigenvalue weighted by Crippen LogP contribution is -2.49. The summed E-state index contributed by atoms with van der Waals surface area (Å²) in [5.74, 6) is -0.471. The normalized spacial score (nSPS) is 27.5. The molecule has 4 rings (SSSR count). The molecule has 0 radical (unpaired) electrons. The van der Waals surface area contributed by atoms with Crippen molar-refractivity contribution in [1.82, 2.24) is 14.8 Å². The number of likely N-dealkylation sites (N-methyl/N-ethyl adjacent to an activating group) is 1. The molecule has 6 nitrogen and oxygen atoms in total. The molecule has 1 fully saturated rings. The zero-order valence-corrected chi connectivity index (χ0v) is 19.7. The van der Waals surface area contributed by atoms with E-state index in [1.54, 1.807) is 25.1 Å². The first kappa shape index (κ1) is 21.9. The van der Waals surface area contributed by atoms with E-state index < -0.39 is 11.5 Å². The van der Waals surface area contributed by atoms with Crippen LogP contribution >= 0.6 is 11.6 Å². The van der Waals surface area contributed by atoms with Crippen molar-refractivity contribution in [2.24, 2.45) is 12.5 Å². The summed E-state index contributed by atoms with van der Waals surface area (Å²) in [7, 11) is 5.49. The number of aromatic nitrogens is 1. The van der Waals surface area contributed by atoms with Gasteiger partial charge in [0.05, 0.1) is 6.04 Å². The molecule has 0 aliphatic carbocycles. The number of amides is 2. The van der Waals surface area contributed by atoms with Crippen LogP contribution in [0.2, 0.25) is 5.02 Å². The summed E-state index contributed by atoms with van der Waals surface area (Å²) < 4.78 is 2.02. The Morgan fingerprint density at radius 3 is 2.55 bits per heavy atom. The number of benzene rings is 1. The quantitative estimate of drug-likeness (QED) is 0.764. The van der Waals surface area contributed by atoms with Gasteiger partial charge in [-0.3, -0.25) is 9.59 Å². The predicted molar refractivity (Wildman–Crippen MR) is 123 cm³/mol. The molecular formula is C24H31ClN4O2. The molecule has 2 aromatic rings. The molecule has 0 bridgehead atoms. The van der Waals surface area contributed by atoms with E-state index in [2.05, 4.69) is 31.4 Å². The summed E-state index contributed by atoms with van der Waals surface area (Å²) in [6, 6.07) is 8.83. The van der Waals surface area contributed by atoms with Crippen LogP contribution in [0.15, 0.2) is 36.5 Å². The van der Waals surface area contributed by atoms with Crippen molar-refractivity contribution >= 4 is 29.1 Å². The van der Waals surface area contributed by atoms with E-state index in [0.29, 0.717) is 5.02 Å². The Morgan fingerprint density at radius 1 is 1.26 bits per heavy atom. The highest BCUT2D eigenvalue weighted by Crippen LogP contribution is 2.56. The second kappa shape index (κ2) is 7.38. The van der Waals surface area contributed by atoms with Gasteiger partial charge >= 0.3 is 0 Å². The number of hydrogen-bond donors (Lipinski definition) is 2. The van der Waals surface area contributed by atoms with Gasteiger partial charge in [0, 0.05) is 55.7 Å². The molecule has 3 heterocycles. The number of carbonyl (C=O) groups is 2. The standard InChI is InChI=1S/C24H31ClN4O2/c1-23(2,3)13-18-24(15-10-9-14(25)12-16(15)26-22(24)31)19(17-8-7-11-29(17)6)20(27-18)21(30)28(4)5/h7-12,18-20,27H,13H2,1-6H3,(H,26,31).